The number of carboxylic acid groups (broad SMARTS) is 1. The smallest absolute Gasteiger partial charge is 0.305 e. The molecule has 1 aromatic carbocycles. The number of rotatable bonds is 6. The van der Waals surface area contributed by atoms with E-state index in [9.17, 15) is 4.79 Å². The summed E-state index contributed by atoms with van der Waals surface area (Å²) in [4.78, 5) is 16.8. The lowest BCUT2D eigenvalue weighted by Crippen LogP contribution is -2.25. The Labute approximate surface area is 129 Å². The summed E-state index contributed by atoms with van der Waals surface area (Å²) in [6, 6.07) is 9.86. The average molecular weight is 305 g/mol. The topological polar surface area (TPSA) is 53.4 Å². The van der Waals surface area contributed by atoms with Crippen molar-refractivity contribution >= 4 is 23.3 Å². The molecule has 0 aliphatic heterocycles. The fraction of sp³-hybridized carbons (Fsp3) is 0.250. The van der Waals surface area contributed by atoms with Gasteiger partial charge in [-0.05, 0) is 30.7 Å². The molecule has 5 heteroatoms. The van der Waals surface area contributed by atoms with Crippen LogP contribution >= 0.6 is 11.6 Å². The fourth-order valence-electron chi connectivity index (χ4n) is 2.02. The van der Waals surface area contributed by atoms with Crippen LogP contribution in [0.2, 0.25) is 5.02 Å². The molecule has 0 amide bonds. The van der Waals surface area contributed by atoms with E-state index in [2.05, 4.69) is 4.98 Å². The van der Waals surface area contributed by atoms with Crippen LogP contribution < -0.4 is 4.90 Å². The summed E-state index contributed by atoms with van der Waals surface area (Å²) in [6.07, 6.45) is 3.36. The van der Waals surface area contributed by atoms with E-state index < -0.39 is 5.97 Å². The molecular weight excluding hydrogens is 288 g/mol. The van der Waals surface area contributed by atoms with E-state index >= 15 is 0 Å². The molecule has 2 aromatic rings. The number of aryl methyl sites for hydroxylation is 1. The van der Waals surface area contributed by atoms with Crippen molar-refractivity contribution in [3.05, 3.63) is 58.9 Å². The van der Waals surface area contributed by atoms with Crippen LogP contribution in [0.4, 0.5) is 5.69 Å². The highest BCUT2D eigenvalue weighted by Gasteiger charge is 2.11. The second-order valence-corrected chi connectivity index (χ2v) is 5.28. The molecule has 0 bridgehead atoms. The minimum Gasteiger partial charge on any atom is -0.481 e. The molecule has 1 heterocycles. The molecule has 0 spiro atoms. The zero-order valence-corrected chi connectivity index (χ0v) is 12.5. The minimum absolute atomic E-state index is 0.0799. The predicted octanol–water partition coefficient (Wildman–Crippen LogP) is 3.52. The summed E-state index contributed by atoms with van der Waals surface area (Å²) in [6.45, 7) is 3.00. The van der Waals surface area contributed by atoms with Crippen molar-refractivity contribution in [2.45, 2.75) is 19.9 Å². The molecule has 4 nitrogen and oxygen atoms in total. The average Bonchev–Trinajstić information content (AvgIpc) is 2.46. The van der Waals surface area contributed by atoms with Crippen LogP contribution in [-0.4, -0.2) is 22.6 Å². The highest BCUT2D eigenvalue weighted by molar-refractivity contribution is 6.31. The fourth-order valence-corrected chi connectivity index (χ4v) is 2.20. The van der Waals surface area contributed by atoms with Gasteiger partial charge in [-0.25, -0.2) is 0 Å². The summed E-state index contributed by atoms with van der Waals surface area (Å²) in [5.41, 5.74) is 3.08. The monoisotopic (exact) mass is 304 g/mol. The first kappa shape index (κ1) is 15.3. The minimum atomic E-state index is -0.812. The van der Waals surface area contributed by atoms with Crippen LogP contribution in [0.1, 0.15) is 17.5 Å². The Morgan fingerprint density at radius 1 is 1.29 bits per heavy atom. The summed E-state index contributed by atoms with van der Waals surface area (Å²) in [5, 5.41) is 9.50. The van der Waals surface area contributed by atoms with Gasteiger partial charge >= 0.3 is 5.97 Å². The van der Waals surface area contributed by atoms with E-state index in [1.54, 1.807) is 12.4 Å². The Bertz CT molecular complexity index is 614. The van der Waals surface area contributed by atoms with Gasteiger partial charge in [-0.1, -0.05) is 29.3 Å². The predicted molar refractivity (Wildman–Crippen MR) is 83.7 cm³/mol. The second-order valence-electron chi connectivity index (χ2n) is 4.87. The lowest BCUT2D eigenvalue weighted by Gasteiger charge is -2.25. The van der Waals surface area contributed by atoms with Crippen molar-refractivity contribution in [3.8, 4) is 0 Å². The lowest BCUT2D eigenvalue weighted by molar-refractivity contribution is -0.136. The van der Waals surface area contributed by atoms with Gasteiger partial charge in [0.2, 0.25) is 0 Å². The molecule has 0 aliphatic carbocycles. The van der Waals surface area contributed by atoms with E-state index in [1.165, 1.54) is 5.56 Å². The summed E-state index contributed by atoms with van der Waals surface area (Å²) in [7, 11) is 0. The molecule has 2 rings (SSSR count). The highest BCUT2D eigenvalue weighted by Crippen LogP contribution is 2.21. The van der Waals surface area contributed by atoms with Crippen molar-refractivity contribution in [2.75, 3.05) is 11.4 Å². The number of benzene rings is 1. The molecule has 0 saturated heterocycles. The van der Waals surface area contributed by atoms with Gasteiger partial charge in [0.1, 0.15) is 0 Å². The van der Waals surface area contributed by atoms with E-state index in [4.69, 9.17) is 16.7 Å². The maximum Gasteiger partial charge on any atom is 0.305 e. The summed E-state index contributed by atoms with van der Waals surface area (Å²) < 4.78 is 0. The first-order valence-electron chi connectivity index (χ1n) is 6.68. The summed E-state index contributed by atoms with van der Waals surface area (Å²) in [5.74, 6) is -0.812. The number of hydrogen-bond acceptors (Lipinski definition) is 3. The molecule has 21 heavy (non-hydrogen) atoms. The Morgan fingerprint density at radius 2 is 2.00 bits per heavy atom. The molecule has 0 radical (unpaired) electrons. The number of nitrogens with zero attached hydrogens (tertiary/aromatic N) is 2. The Balaban J connectivity index is 2.21. The molecule has 0 saturated carbocycles. The Hall–Kier alpha value is -2.07. The summed E-state index contributed by atoms with van der Waals surface area (Å²) >= 11 is 6.14. The van der Waals surface area contributed by atoms with Crippen molar-refractivity contribution in [2.24, 2.45) is 0 Å². The van der Waals surface area contributed by atoms with Gasteiger partial charge in [-0.2, -0.15) is 0 Å². The standard InChI is InChI=1S/C16H17ClN2O2/c1-12-2-4-14(5-3-12)19(9-7-16(20)21)11-13-6-8-18-10-15(13)17/h2-6,8,10H,7,9,11H2,1H3,(H,20,21). The van der Waals surface area contributed by atoms with Crippen LogP contribution in [0.3, 0.4) is 0 Å². The number of aromatic nitrogens is 1. The van der Waals surface area contributed by atoms with Gasteiger partial charge in [-0.15, -0.1) is 0 Å². The van der Waals surface area contributed by atoms with E-state index in [-0.39, 0.29) is 6.42 Å². The molecule has 110 valence electrons. The van der Waals surface area contributed by atoms with Crippen LogP contribution in [0.5, 0.6) is 0 Å². The van der Waals surface area contributed by atoms with Crippen molar-refractivity contribution in [1.82, 2.24) is 4.98 Å². The number of hydrogen-bond donors (Lipinski definition) is 1. The number of carbonyl (C=O) groups is 1. The number of halogens is 1. The largest absolute Gasteiger partial charge is 0.481 e. The van der Waals surface area contributed by atoms with Gasteiger partial charge in [0, 0.05) is 31.2 Å². The third kappa shape index (κ3) is 4.46. The first-order chi connectivity index (χ1) is 10.1. The normalized spacial score (nSPS) is 10.4. The van der Waals surface area contributed by atoms with Crippen LogP contribution in [-0.2, 0) is 11.3 Å². The third-order valence-corrected chi connectivity index (χ3v) is 3.55. The molecule has 1 N–H and O–H groups in total. The SMILES string of the molecule is Cc1ccc(N(CCC(=O)O)Cc2ccncc2Cl)cc1. The van der Waals surface area contributed by atoms with E-state index in [1.807, 2.05) is 42.2 Å². The first-order valence-corrected chi connectivity index (χ1v) is 7.06. The van der Waals surface area contributed by atoms with E-state index in [0.717, 1.165) is 11.3 Å². The number of pyridine rings is 1. The Kier molecular flexibility index (Phi) is 5.17. The van der Waals surface area contributed by atoms with Gasteiger partial charge in [0.05, 0.1) is 11.4 Å². The number of aliphatic carboxylic acids is 1. The lowest BCUT2D eigenvalue weighted by atomic mass is 10.2. The third-order valence-electron chi connectivity index (χ3n) is 3.21. The zero-order valence-electron chi connectivity index (χ0n) is 11.8. The van der Waals surface area contributed by atoms with E-state index in [0.29, 0.717) is 18.1 Å². The van der Waals surface area contributed by atoms with Gasteiger partial charge in [0.25, 0.3) is 0 Å². The molecule has 1 aromatic heterocycles. The molecular formula is C16H17ClN2O2. The number of anilines is 1. The zero-order chi connectivity index (χ0) is 15.2. The van der Waals surface area contributed by atoms with Gasteiger partial charge in [-0.3, -0.25) is 9.78 Å². The Morgan fingerprint density at radius 3 is 2.62 bits per heavy atom. The maximum atomic E-state index is 10.8. The molecule has 0 unspecified atom stereocenters. The number of carboxylic acids is 1. The van der Waals surface area contributed by atoms with Gasteiger partial charge in [0.15, 0.2) is 0 Å². The quantitative estimate of drug-likeness (QED) is 0.887. The highest BCUT2D eigenvalue weighted by atomic mass is 35.5. The van der Waals surface area contributed by atoms with Crippen LogP contribution in [0.15, 0.2) is 42.7 Å². The molecule has 0 aliphatic rings. The van der Waals surface area contributed by atoms with Crippen molar-refractivity contribution in [3.63, 3.8) is 0 Å². The molecule has 0 atom stereocenters. The van der Waals surface area contributed by atoms with Crippen LogP contribution in [0, 0.1) is 6.92 Å². The van der Waals surface area contributed by atoms with Crippen molar-refractivity contribution in [1.29, 1.82) is 0 Å². The van der Waals surface area contributed by atoms with Crippen LogP contribution in [0.25, 0.3) is 0 Å². The second kappa shape index (κ2) is 7.09. The molecule has 0 fully saturated rings. The maximum absolute atomic E-state index is 10.8. The van der Waals surface area contributed by atoms with Crippen molar-refractivity contribution < 1.29 is 9.90 Å². The van der Waals surface area contributed by atoms with Gasteiger partial charge < -0.3 is 10.0 Å².